The van der Waals surface area contributed by atoms with Crippen LogP contribution in [0, 0.1) is 16.7 Å². The van der Waals surface area contributed by atoms with Gasteiger partial charge >= 0.3 is 0 Å². The monoisotopic (exact) mass is 281 g/mol. The van der Waals surface area contributed by atoms with Crippen LogP contribution in [0.3, 0.4) is 0 Å². The van der Waals surface area contributed by atoms with Gasteiger partial charge in [0, 0.05) is 6.04 Å². The minimum atomic E-state index is 0.372. The fourth-order valence-electron chi connectivity index (χ4n) is 4.85. The third-order valence-electron chi connectivity index (χ3n) is 6.87. The van der Waals surface area contributed by atoms with Crippen LogP contribution >= 0.6 is 0 Å². The maximum absolute atomic E-state index is 6.68. The Morgan fingerprint density at radius 2 is 1.95 bits per heavy atom. The van der Waals surface area contributed by atoms with Crippen molar-refractivity contribution in [3.05, 3.63) is 0 Å². The molecule has 0 heterocycles. The lowest BCUT2D eigenvalue weighted by molar-refractivity contribution is -0.0985. The van der Waals surface area contributed by atoms with E-state index in [1.807, 2.05) is 0 Å². The standard InChI is InChI=1S/C18H35NO/c1-7-9-14(19-6)15(8-2)20-16-12-13-10-11-18(16,5)17(13,3)4/h13-16,19H,7-12H2,1-6H3. The molecule has 2 nitrogen and oxygen atoms in total. The highest BCUT2D eigenvalue weighted by Crippen LogP contribution is 2.66. The van der Waals surface area contributed by atoms with Crippen LogP contribution in [0.2, 0.25) is 0 Å². The first-order valence-corrected chi connectivity index (χ1v) is 8.73. The molecule has 118 valence electrons. The molecule has 2 aliphatic carbocycles. The molecule has 0 aromatic heterocycles. The van der Waals surface area contributed by atoms with E-state index in [2.05, 4.69) is 47.0 Å². The highest BCUT2D eigenvalue weighted by molar-refractivity contribution is 5.11. The number of nitrogens with one attached hydrogen (secondary N) is 1. The first-order chi connectivity index (χ1) is 9.40. The molecule has 0 radical (unpaired) electrons. The zero-order valence-electron chi connectivity index (χ0n) is 14.5. The molecule has 2 heteroatoms. The number of likely N-dealkylation sites (N-methyl/N-ethyl adjacent to an activating group) is 1. The summed E-state index contributed by atoms with van der Waals surface area (Å²) in [7, 11) is 2.08. The van der Waals surface area contributed by atoms with Gasteiger partial charge in [0.2, 0.25) is 0 Å². The molecule has 2 saturated carbocycles. The zero-order valence-corrected chi connectivity index (χ0v) is 14.5. The normalized spacial score (nSPS) is 38.1. The van der Waals surface area contributed by atoms with Gasteiger partial charge in [-0.25, -0.2) is 0 Å². The summed E-state index contributed by atoms with van der Waals surface area (Å²) >= 11 is 0. The van der Waals surface area contributed by atoms with Gasteiger partial charge in [-0.05, 0) is 55.9 Å². The first kappa shape index (κ1) is 16.3. The maximum Gasteiger partial charge on any atom is 0.0729 e. The van der Waals surface area contributed by atoms with Crippen molar-refractivity contribution in [1.82, 2.24) is 5.32 Å². The van der Waals surface area contributed by atoms with Crippen molar-refractivity contribution >= 4 is 0 Å². The third kappa shape index (κ3) is 2.43. The number of rotatable bonds is 7. The van der Waals surface area contributed by atoms with Crippen molar-refractivity contribution < 1.29 is 4.74 Å². The van der Waals surface area contributed by atoms with Gasteiger partial charge in [-0.1, -0.05) is 41.0 Å². The van der Waals surface area contributed by atoms with Gasteiger partial charge in [-0.3, -0.25) is 0 Å². The van der Waals surface area contributed by atoms with E-state index in [1.54, 1.807) is 0 Å². The van der Waals surface area contributed by atoms with Crippen molar-refractivity contribution in [3.63, 3.8) is 0 Å². The second-order valence-electron chi connectivity index (χ2n) is 7.87. The molecule has 0 aromatic rings. The van der Waals surface area contributed by atoms with Gasteiger partial charge in [-0.2, -0.15) is 0 Å². The predicted molar refractivity (Wildman–Crippen MR) is 85.9 cm³/mol. The van der Waals surface area contributed by atoms with Crippen LogP contribution < -0.4 is 5.32 Å². The summed E-state index contributed by atoms with van der Waals surface area (Å²) in [5.41, 5.74) is 0.839. The van der Waals surface area contributed by atoms with Crippen LogP contribution in [-0.4, -0.2) is 25.3 Å². The summed E-state index contributed by atoms with van der Waals surface area (Å²) in [5, 5.41) is 3.48. The Hall–Kier alpha value is -0.0800. The Labute approximate surface area is 126 Å². The van der Waals surface area contributed by atoms with E-state index in [-0.39, 0.29) is 0 Å². The van der Waals surface area contributed by atoms with Crippen LogP contribution in [0.1, 0.15) is 73.1 Å². The minimum absolute atomic E-state index is 0.372. The average molecular weight is 281 g/mol. The van der Waals surface area contributed by atoms with E-state index in [1.165, 1.54) is 32.1 Å². The molecule has 2 fully saturated rings. The molecule has 2 bridgehead atoms. The zero-order chi connectivity index (χ0) is 15.0. The number of hydrogen-bond donors (Lipinski definition) is 1. The van der Waals surface area contributed by atoms with E-state index in [0.717, 1.165) is 12.3 Å². The molecular weight excluding hydrogens is 246 g/mol. The summed E-state index contributed by atoms with van der Waals surface area (Å²) < 4.78 is 6.68. The van der Waals surface area contributed by atoms with Crippen LogP contribution in [0.25, 0.3) is 0 Å². The maximum atomic E-state index is 6.68. The lowest BCUT2D eigenvalue weighted by Gasteiger charge is -2.41. The van der Waals surface area contributed by atoms with Gasteiger partial charge in [0.25, 0.3) is 0 Å². The molecule has 0 amide bonds. The molecule has 0 saturated heterocycles. The molecule has 0 spiro atoms. The highest BCUT2D eigenvalue weighted by atomic mass is 16.5. The summed E-state index contributed by atoms with van der Waals surface area (Å²) in [6, 6.07) is 0.510. The Balaban J connectivity index is 2.06. The second-order valence-corrected chi connectivity index (χ2v) is 7.87. The van der Waals surface area contributed by atoms with Crippen molar-refractivity contribution in [2.24, 2.45) is 16.7 Å². The number of ether oxygens (including phenoxy) is 1. The Morgan fingerprint density at radius 1 is 1.25 bits per heavy atom. The summed E-state index contributed by atoms with van der Waals surface area (Å²) in [6.07, 6.45) is 8.43. The molecule has 20 heavy (non-hydrogen) atoms. The molecule has 2 rings (SSSR count). The molecule has 5 atom stereocenters. The molecule has 0 aromatic carbocycles. The first-order valence-electron chi connectivity index (χ1n) is 8.73. The summed E-state index contributed by atoms with van der Waals surface area (Å²) in [6.45, 7) is 11.9. The van der Waals surface area contributed by atoms with Gasteiger partial charge in [0.1, 0.15) is 0 Å². The molecule has 2 aliphatic rings. The van der Waals surface area contributed by atoms with Crippen molar-refractivity contribution in [2.45, 2.75) is 91.4 Å². The van der Waals surface area contributed by atoms with Crippen LogP contribution in [0.4, 0.5) is 0 Å². The van der Waals surface area contributed by atoms with Crippen LogP contribution in [-0.2, 0) is 4.74 Å². The molecule has 5 unspecified atom stereocenters. The van der Waals surface area contributed by atoms with Gasteiger partial charge < -0.3 is 10.1 Å². The van der Waals surface area contributed by atoms with Crippen molar-refractivity contribution in [3.8, 4) is 0 Å². The average Bonchev–Trinajstić information content (AvgIpc) is 2.75. The smallest absolute Gasteiger partial charge is 0.0729 e. The number of hydrogen-bond acceptors (Lipinski definition) is 2. The van der Waals surface area contributed by atoms with Gasteiger partial charge in [-0.15, -0.1) is 0 Å². The molecule has 0 aliphatic heterocycles. The van der Waals surface area contributed by atoms with Crippen LogP contribution in [0.5, 0.6) is 0 Å². The minimum Gasteiger partial charge on any atom is -0.373 e. The Kier molecular flexibility index (Phi) is 4.86. The van der Waals surface area contributed by atoms with E-state index < -0.39 is 0 Å². The van der Waals surface area contributed by atoms with E-state index in [9.17, 15) is 0 Å². The predicted octanol–water partition coefficient (Wildman–Crippen LogP) is 4.38. The van der Waals surface area contributed by atoms with Crippen molar-refractivity contribution in [1.29, 1.82) is 0 Å². The summed E-state index contributed by atoms with van der Waals surface area (Å²) in [5.74, 6) is 0.870. The second kappa shape index (κ2) is 5.96. The fourth-order valence-corrected chi connectivity index (χ4v) is 4.85. The quantitative estimate of drug-likeness (QED) is 0.747. The lowest BCUT2D eigenvalue weighted by Crippen LogP contribution is -2.45. The SMILES string of the molecule is CCCC(NC)C(CC)OC1CC2CCC1(C)C2(C)C. The fraction of sp³-hybridized carbons (Fsp3) is 1.00. The van der Waals surface area contributed by atoms with E-state index in [0.29, 0.717) is 29.1 Å². The highest BCUT2D eigenvalue weighted by Gasteiger charge is 2.62. The Morgan fingerprint density at radius 3 is 2.35 bits per heavy atom. The lowest BCUT2D eigenvalue weighted by atomic mass is 9.70. The Bertz CT molecular complexity index is 327. The molecule has 1 N–H and O–H groups in total. The van der Waals surface area contributed by atoms with Crippen molar-refractivity contribution in [2.75, 3.05) is 7.05 Å². The van der Waals surface area contributed by atoms with Crippen LogP contribution in [0.15, 0.2) is 0 Å². The van der Waals surface area contributed by atoms with E-state index >= 15 is 0 Å². The topological polar surface area (TPSA) is 21.3 Å². The molecular formula is C18H35NO. The third-order valence-corrected chi connectivity index (χ3v) is 6.87. The van der Waals surface area contributed by atoms with E-state index in [4.69, 9.17) is 4.74 Å². The summed E-state index contributed by atoms with van der Waals surface area (Å²) in [4.78, 5) is 0. The largest absolute Gasteiger partial charge is 0.373 e. The van der Waals surface area contributed by atoms with Gasteiger partial charge in [0.05, 0.1) is 12.2 Å². The number of fused-ring (bicyclic) bond motifs is 2. The van der Waals surface area contributed by atoms with Gasteiger partial charge in [0.15, 0.2) is 0 Å².